The zero-order valence-corrected chi connectivity index (χ0v) is 11.0. The Morgan fingerprint density at radius 2 is 1.78 bits per heavy atom. The third-order valence-electron chi connectivity index (χ3n) is 2.12. The minimum Gasteiger partial charge on any atom is -0.468 e. The lowest BCUT2D eigenvalue weighted by Gasteiger charge is -2.11. The second-order valence-electron chi connectivity index (χ2n) is 3.32. The highest BCUT2D eigenvalue weighted by atomic mass is 16.7. The minimum atomic E-state index is -1.07. The van der Waals surface area contributed by atoms with Crippen LogP contribution in [0.2, 0.25) is 0 Å². The van der Waals surface area contributed by atoms with Crippen LogP contribution in [-0.2, 0) is 28.5 Å². The Hall–Kier alpha value is -1.31. The summed E-state index contributed by atoms with van der Waals surface area (Å²) >= 11 is 0. The number of hydrogen-bond donors (Lipinski definition) is 0. The van der Waals surface area contributed by atoms with E-state index in [1.807, 2.05) is 0 Å². The van der Waals surface area contributed by atoms with Crippen LogP contribution in [0.25, 0.3) is 0 Å². The number of ether oxygens (including phenoxy) is 4. The average Bonchev–Trinajstić information content (AvgIpc) is 2.38. The topological polar surface area (TPSA) is 83.4 Å². The van der Waals surface area contributed by atoms with E-state index in [0.717, 1.165) is 0 Å². The standard InChI is InChI=1S/C11H19NO6/c1-15-7-9(13)8(11(14)18-4)5-12-6-10(16-2)17-3/h5,8,10H,6-7H2,1-4H3. The molecule has 1 unspecified atom stereocenters. The Morgan fingerprint density at radius 3 is 2.22 bits per heavy atom. The largest absolute Gasteiger partial charge is 0.468 e. The molecule has 7 nitrogen and oxygen atoms in total. The molecule has 0 aromatic carbocycles. The Balaban J connectivity index is 4.54. The lowest BCUT2D eigenvalue weighted by atomic mass is 10.1. The molecule has 0 N–H and O–H groups in total. The smallest absolute Gasteiger partial charge is 0.321 e. The van der Waals surface area contributed by atoms with Crippen molar-refractivity contribution in [2.45, 2.75) is 6.29 Å². The van der Waals surface area contributed by atoms with Gasteiger partial charge in [-0.2, -0.15) is 0 Å². The van der Waals surface area contributed by atoms with Gasteiger partial charge in [-0.15, -0.1) is 0 Å². The molecule has 0 rings (SSSR count). The molecular formula is C11H19NO6. The summed E-state index contributed by atoms with van der Waals surface area (Å²) in [4.78, 5) is 26.9. The van der Waals surface area contributed by atoms with E-state index in [9.17, 15) is 9.59 Å². The quantitative estimate of drug-likeness (QED) is 0.245. The zero-order valence-electron chi connectivity index (χ0n) is 11.0. The van der Waals surface area contributed by atoms with Gasteiger partial charge in [0.15, 0.2) is 18.0 Å². The van der Waals surface area contributed by atoms with Gasteiger partial charge in [-0.05, 0) is 0 Å². The number of nitrogens with zero attached hydrogens (tertiary/aromatic N) is 1. The number of aliphatic imine (C=N–C) groups is 1. The van der Waals surface area contributed by atoms with Crippen molar-refractivity contribution in [1.82, 2.24) is 0 Å². The van der Waals surface area contributed by atoms with Gasteiger partial charge < -0.3 is 18.9 Å². The van der Waals surface area contributed by atoms with E-state index < -0.39 is 24.0 Å². The van der Waals surface area contributed by atoms with Gasteiger partial charge in [0.05, 0.1) is 13.7 Å². The predicted octanol–water partition coefficient (Wildman–Crippen LogP) is -0.319. The summed E-state index contributed by atoms with van der Waals surface area (Å²) in [6, 6.07) is 0. The molecule has 18 heavy (non-hydrogen) atoms. The molecule has 0 aliphatic rings. The van der Waals surface area contributed by atoms with Crippen molar-refractivity contribution >= 4 is 18.0 Å². The van der Waals surface area contributed by atoms with Crippen LogP contribution >= 0.6 is 0 Å². The Morgan fingerprint density at radius 1 is 1.17 bits per heavy atom. The van der Waals surface area contributed by atoms with Gasteiger partial charge >= 0.3 is 5.97 Å². The molecule has 0 aromatic rings. The molecule has 0 fully saturated rings. The second kappa shape index (κ2) is 9.69. The average molecular weight is 261 g/mol. The van der Waals surface area contributed by atoms with Gasteiger partial charge in [-0.1, -0.05) is 0 Å². The SMILES string of the molecule is COCC(=O)C(C=NCC(OC)OC)C(=O)OC. The normalized spacial score (nSPS) is 12.9. The van der Waals surface area contributed by atoms with E-state index in [-0.39, 0.29) is 13.2 Å². The van der Waals surface area contributed by atoms with Crippen molar-refractivity contribution in [3.8, 4) is 0 Å². The molecule has 0 radical (unpaired) electrons. The molecule has 0 aliphatic heterocycles. The molecule has 0 heterocycles. The summed E-state index contributed by atoms with van der Waals surface area (Å²) in [6.07, 6.45) is 0.704. The number of rotatable bonds is 9. The number of Topliss-reactive ketones (excluding diaryl/α,β-unsaturated/α-hetero) is 1. The molecule has 1 atom stereocenters. The summed E-state index contributed by atoms with van der Waals surface area (Å²) in [6.45, 7) is 0.00449. The monoisotopic (exact) mass is 261 g/mol. The molecule has 104 valence electrons. The first kappa shape index (κ1) is 16.7. The number of carbonyl (C=O) groups is 2. The highest BCUT2D eigenvalue weighted by Gasteiger charge is 2.25. The van der Waals surface area contributed by atoms with E-state index in [2.05, 4.69) is 14.5 Å². The molecule has 0 amide bonds. The van der Waals surface area contributed by atoms with Crippen molar-refractivity contribution in [2.24, 2.45) is 10.9 Å². The molecule has 0 saturated carbocycles. The molecule has 7 heteroatoms. The highest BCUT2D eigenvalue weighted by Crippen LogP contribution is 2.00. The zero-order chi connectivity index (χ0) is 14.0. The van der Waals surface area contributed by atoms with Gasteiger partial charge in [0, 0.05) is 27.5 Å². The second-order valence-corrected chi connectivity index (χ2v) is 3.32. The first-order valence-electron chi connectivity index (χ1n) is 5.25. The van der Waals surface area contributed by atoms with Crippen LogP contribution in [0.5, 0.6) is 0 Å². The molecule has 0 aliphatic carbocycles. The molecule has 0 aromatic heterocycles. The van der Waals surface area contributed by atoms with Gasteiger partial charge in [0.25, 0.3) is 0 Å². The first-order valence-corrected chi connectivity index (χ1v) is 5.25. The van der Waals surface area contributed by atoms with Crippen LogP contribution in [0.3, 0.4) is 0 Å². The third-order valence-corrected chi connectivity index (χ3v) is 2.12. The summed E-state index contributed by atoms with van der Waals surface area (Å²) in [5.41, 5.74) is 0. The molecule has 0 bridgehead atoms. The number of esters is 1. The molecular weight excluding hydrogens is 242 g/mol. The van der Waals surface area contributed by atoms with Gasteiger partial charge in [0.2, 0.25) is 0 Å². The van der Waals surface area contributed by atoms with E-state index in [0.29, 0.717) is 0 Å². The van der Waals surface area contributed by atoms with Crippen LogP contribution in [0.15, 0.2) is 4.99 Å². The number of ketones is 1. The Bertz CT molecular complexity index is 287. The fraction of sp³-hybridized carbons (Fsp3) is 0.727. The van der Waals surface area contributed by atoms with Crippen molar-refractivity contribution < 1.29 is 28.5 Å². The summed E-state index contributed by atoms with van der Waals surface area (Å²) in [5.74, 6) is -2.16. The maximum Gasteiger partial charge on any atom is 0.321 e. The lowest BCUT2D eigenvalue weighted by Crippen LogP contribution is -2.30. The summed E-state index contributed by atoms with van der Waals surface area (Å²) < 4.78 is 19.0. The van der Waals surface area contributed by atoms with Crippen LogP contribution < -0.4 is 0 Å². The fourth-order valence-electron chi connectivity index (χ4n) is 1.13. The maximum absolute atomic E-state index is 11.6. The van der Waals surface area contributed by atoms with E-state index in [1.165, 1.54) is 34.7 Å². The minimum absolute atomic E-state index is 0.177. The van der Waals surface area contributed by atoms with Gasteiger partial charge in [-0.25, -0.2) is 0 Å². The number of carbonyl (C=O) groups excluding carboxylic acids is 2. The Labute approximate surface area is 106 Å². The third kappa shape index (κ3) is 5.85. The van der Waals surface area contributed by atoms with Crippen LogP contribution in [0.1, 0.15) is 0 Å². The number of methoxy groups -OCH3 is 4. The van der Waals surface area contributed by atoms with Crippen molar-refractivity contribution in [1.29, 1.82) is 0 Å². The van der Waals surface area contributed by atoms with E-state index >= 15 is 0 Å². The van der Waals surface area contributed by atoms with Crippen molar-refractivity contribution in [2.75, 3.05) is 41.6 Å². The Kier molecular flexibility index (Phi) is 8.99. The predicted molar refractivity (Wildman–Crippen MR) is 63.6 cm³/mol. The summed E-state index contributed by atoms with van der Waals surface area (Å²) in [5, 5.41) is 0. The molecule has 0 saturated heterocycles. The van der Waals surface area contributed by atoms with Gasteiger partial charge in [-0.3, -0.25) is 14.6 Å². The first-order chi connectivity index (χ1) is 8.60. The van der Waals surface area contributed by atoms with E-state index in [4.69, 9.17) is 9.47 Å². The summed E-state index contributed by atoms with van der Waals surface area (Å²) in [7, 11) is 5.51. The lowest BCUT2D eigenvalue weighted by molar-refractivity contribution is -0.147. The fourth-order valence-corrected chi connectivity index (χ4v) is 1.13. The van der Waals surface area contributed by atoms with Crippen molar-refractivity contribution in [3.05, 3.63) is 0 Å². The van der Waals surface area contributed by atoms with E-state index in [1.54, 1.807) is 0 Å². The van der Waals surface area contributed by atoms with Crippen LogP contribution in [0.4, 0.5) is 0 Å². The maximum atomic E-state index is 11.6. The van der Waals surface area contributed by atoms with Crippen LogP contribution in [0, 0.1) is 5.92 Å². The van der Waals surface area contributed by atoms with Crippen molar-refractivity contribution in [3.63, 3.8) is 0 Å². The number of hydrogen-bond acceptors (Lipinski definition) is 7. The van der Waals surface area contributed by atoms with Crippen LogP contribution in [-0.4, -0.2) is 65.8 Å². The van der Waals surface area contributed by atoms with Gasteiger partial charge in [0.1, 0.15) is 6.61 Å². The highest BCUT2D eigenvalue weighted by molar-refractivity contribution is 6.12. The molecule has 0 spiro atoms.